The Hall–Kier alpha value is -0.570. The van der Waals surface area contributed by atoms with Crippen LogP contribution in [-0.2, 0) is 4.79 Å². The van der Waals surface area contributed by atoms with E-state index in [0.717, 1.165) is 6.42 Å². The molecule has 3 nitrogen and oxygen atoms in total. The van der Waals surface area contributed by atoms with Gasteiger partial charge in [-0.2, -0.15) is 0 Å². The number of carbonyl (C=O) groups is 1. The normalized spacial score (nSPS) is 8.88. The molecule has 0 aromatic rings. The van der Waals surface area contributed by atoms with Crippen LogP contribution in [0.4, 0.5) is 0 Å². The molecule has 0 aliphatic heterocycles. The molecule has 0 spiro atoms. The van der Waals surface area contributed by atoms with Gasteiger partial charge in [0.15, 0.2) is 0 Å². The zero-order chi connectivity index (χ0) is 6.57. The molecule has 1 N–H and O–H groups in total. The summed E-state index contributed by atoms with van der Waals surface area (Å²) < 4.78 is 0. The second-order valence-electron chi connectivity index (χ2n) is 1.64. The molecule has 3 heteroatoms. The van der Waals surface area contributed by atoms with Crippen molar-refractivity contribution in [3.05, 3.63) is 0 Å². The van der Waals surface area contributed by atoms with Crippen molar-refractivity contribution in [2.75, 3.05) is 6.54 Å². The standard InChI is InChI=1S/C5H11NO2/c1-3-4-6(8)5(2)7/h8H,3-4H2,1-2H3. The first-order valence-corrected chi connectivity index (χ1v) is 2.65. The second kappa shape index (κ2) is 3.43. The van der Waals surface area contributed by atoms with Gasteiger partial charge in [-0.1, -0.05) is 6.92 Å². The van der Waals surface area contributed by atoms with Gasteiger partial charge in [0.25, 0.3) is 0 Å². The minimum absolute atomic E-state index is 0.299. The van der Waals surface area contributed by atoms with Crippen LogP contribution in [0.3, 0.4) is 0 Å². The highest BCUT2D eigenvalue weighted by Crippen LogP contribution is 1.84. The number of amides is 1. The topological polar surface area (TPSA) is 40.5 Å². The predicted molar refractivity (Wildman–Crippen MR) is 29.5 cm³/mol. The van der Waals surface area contributed by atoms with Crippen molar-refractivity contribution in [2.24, 2.45) is 0 Å². The van der Waals surface area contributed by atoms with E-state index >= 15 is 0 Å². The molecule has 0 radical (unpaired) electrons. The first-order chi connectivity index (χ1) is 3.68. The lowest BCUT2D eigenvalue weighted by molar-refractivity contribution is -0.162. The zero-order valence-electron chi connectivity index (χ0n) is 5.22. The van der Waals surface area contributed by atoms with Crippen molar-refractivity contribution in [3.8, 4) is 0 Å². The summed E-state index contributed by atoms with van der Waals surface area (Å²) in [4.78, 5) is 10.2. The number of nitrogens with zero attached hydrogens (tertiary/aromatic N) is 1. The summed E-state index contributed by atoms with van der Waals surface area (Å²) in [5, 5.41) is 9.32. The third-order valence-corrected chi connectivity index (χ3v) is 0.799. The van der Waals surface area contributed by atoms with E-state index < -0.39 is 0 Å². The second-order valence-corrected chi connectivity index (χ2v) is 1.64. The van der Waals surface area contributed by atoms with Crippen LogP contribution in [0.1, 0.15) is 20.3 Å². The van der Waals surface area contributed by atoms with Gasteiger partial charge in [0.2, 0.25) is 5.91 Å². The smallest absolute Gasteiger partial charge is 0.242 e. The van der Waals surface area contributed by atoms with E-state index in [1.165, 1.54) is 6.92 Å². The maximum Gasteiger partial charge on any atom is 0.242 e. The van der Waals surface area contributed by atoms with E-state index in [2.05, 4.69) is 0 Å². The van der Waals surface area contributed by atoms with Crippen LogP contribution in [0.25, 0.3) is 0 Å². The van der Waals surface area contributed by atoms with Crippen LogP contribution in [0.15, 0.2) is 0 Å². The number of hydroxylamine groups is 2. The van der Waals surface area contributed by atoms with Gasteiger partial charge in [-0.25, -0.2) is 5.06 Å². The SMILES string of the molecule is CCCN(O)C(C)=O. The fourth-order valence-electron chi connectivity index (χ4n) is 0.369. The Morgan fingerprint density at radius 2 is 2.25 bits per heavy atom. The zero-order valence-corrected chi connectivity index (χ0v) is 5.22. The molecule has 0 saturated heterocycles. The van der Waals surface area contributed by atoms with Crippen molar-refractivity contribution in [1.82, 2.24) is 5.06 Å². The molecular weight excluding hydrogens is 106 g/mol. The molecule has 0 heterocycles. The molecule has 0 fully saturated rings. The van der Waals surface area contributed by atoms with Gasteiger partial charge in [-0.05, 0) is 6.42 Å². The molecule has 0 aliphatic carbocycles. The Labute approximate surface area is 48.9 Å². The highest BCUT2D eigenvalue weighted by atomic mass is 16.5. The van der Waals surface area contributed by atoms with Gasteiger partial charge in [0, 0.05) is 13.5 Å². The fourth-order valence-corrected chi connectivity index (χ4v) is 0.369. The number of rotatable bonds is 2. The monoisotopic (exact) mass is 117 g/mol. The van der Waals surface area contributed by atoms with Gasteiger partial charge in [-0.15, -0.1) is 0 Å². The summed E-state index contributed by atoms with van der Waals surface area (Å²) in [7, 11) is 0. The molecule has 0 rings (SSSR count). The molecule has 0 saturated carbocycles. The first kappa shape index (κ1) is 7.43. The van der Waals surface area contributed by atoms with Crippen LogP contribution in [0, 0.1) is 0 Å². The molecule has 48 valence electrons. The van der Waals surface area contributed by atoms with Gasteiger partial charge >= 0.3 is 0 Å². The van der Waals surface area contributed by atoms with E-state index in [1.807, 2.05) is 6.92 Å². The van der Waals surface area contributed by atoms with Crippen molar-refractivity contribution < 1.29 is 10.0 Å². The molecule has 0 bridgehead atoms. The molecule has 0 aromatic heterocycles. The van der Waals surface area contributed by atoms with Crippen molar-refractivity contribution >= 4 is 5.91 Å². The molecule has 0 atom stereocenters. The van der Waals surface area contributed by atoms with E-state index in [-0.39, 0.29) is 5.91 Å². The Morgan fingerprint density at radius 3 is 2.38 bits per heavy atom. The van der Waals surface area contributed by atoms with Gasteiger partial charge < -0.3 is 0 Å². The summed E-state index contributed by atoms with van der Waals surface area (Å²) in [6.45, 7) is 3.65. The van der Waals surface area contributed by atoms with E-state index in [1.54, 1.807) is 0 Å². The van der Waals surface area contributed by atoms with Crippen molar-refractivity contribution in [1.29, 1.82) is 0 Å². The molecule has 0 aromatic carbocycles. The van der Waals surface area contributed by atoms with Crippen molar-refractivity contribution in [3.63, 3.8) is 0 Å². The average molecular weight is 117 g/mol. The number of hydrogen-bond donors (Lipinski definition) is 1. The van der Waals surface area contributed by atoms with E-state index in [4.69, 9.17) is 5.21 Å². The molecular formula is C5H11NO2. The quantitative estimate of drug-likeness (QED) is 0.425. The molecule has 0 aliphatic rings. The highest BCUT2D eigenvalue weighted by Gasteiger charge is 1.99. The minimum Gasteiger partial charge on any atom is -0.286 e. The van der Waals surface area contributed by atoms with Crippen LogP contribution in [-0.4, -0.2) is 22.7 Å². The maximum absolute atomic E-state index is 10.2. The lowest BCUT2D eigenvalue weighted by Gasteiger charge is -2.08. The van der Waals surface area contributed by atoms with Crippen molar-refractivity contribution in [2.45, 2.75) is 20.3 Å². The Balaban J connectivity index is 3.32. The lowest BCUT2D eigenvalue weighted by Crippen LogP contribution is -2.24. The molecule has 0 unspecified atom stereocenters. The maximum atomic E-state index is 10.2. The predicted octanol–water partition coefficient (Wildman–Crippen LogP) is 0.634. The van der Waals surface area contributed by atoms with Crippen LogP contribution < -0.4 is 0 Å². The van der Waals surface area contributed by atoms with Gasteiger partial charge in [-0.3, -0.25) is 10.0 Å². The van der Waals surface area contributed by atoms with Crippen LogP contribution in [0.5, 0.6) is 0 Å². The Morgan fingerprint density at radius 1 is 1.75 bits per heavy atom. The number of carbonyl (C=O) groups excluding carboxylic acids is 1. The lowest BCUT2D eigenvalue weighted by atomic mass is 10.5. The van der Waals surface area contributed by atoms with E-state index in [0.29, 0.717) is 11.6 Å². The van der Waals surface area contributed by atoms with Crippen LogP contribution >= 0.6 is 0 Å². The van der Waals surface area contributed by atoms with Crippen LogP contribution in [0.2, 0.25) is 0 Å². The fraction of sp³-hybridized carbons (Fsp3) is 0.800. The van der Waals surface area contributed by atoms with Gasteiger partial charge in [0.05, 0.1) is 0 Å². The third-order valence-electron chi connectivity index (χ3n) is 0.799. The molecule has 8 heavy (non-hydrogen) atoms. The Bertz CT molecular complexity index is 82.5. The third kappa shape index (κ3) is 2.58. The van der Waals surface area contributed by atoms with Gasteiger partial charge in [0.1, 0.15) is 0 Å². The summed E-state index contributed by atoms with van der Waals surface area (Å²) in [6.07, 6.45) is 0.788. The summed E-state index contributed by atoms with van der Waals surface area (Å²) in [6, 6.07) is 0. The summed E-state index contributed by atoms with van der Waals surface area (Å²) in [5.41, 5.74) is 0. The highest BCUT2D eigenvalue weighted by molar-refractivity contribution is 5.71. The largest absolute Gasteiger partial charge is 0.286 e. The average Bonchev–Trinajstić information content (AvgIpc) is 1.67. The van der Waals surface area contributed by atoms with E-state index in [9.17, 15) is 4.79 Å². The molecule has 1 amide bonds. The minimum atomic E-state index is -0.299. The summed E-state index contributed by atoms with van der Waals surface area (Å²) in [5.74, 6) is -0.299. The number of hydrogen-bond acceptors (Lipinski definition) is 2. The Kier molecular flexibility index (Phi) is 3.19. The summed E-state index contributed by atoms with van der Waals surface area (Å²) >= 11 is 0. The first-order valence-electron chi connectivity index (χ1n) is 2.65.